The molecule has 1 unspecified atom stereocenters. The first-order valence-corrected chi connectivity index (χ1v) is 10.3. The molecule has 1 aliphatic rings. The molecule has 0 aliphatic carbocycles. The van der Waals surface area contributed by atoms with Crippen molar-refractivity contribution in [3.8, 4) is 0 Å². The zero-order valence-electron chi connectivity index (χ0n) is 14.5. The summed E-state index contributed by atoms with van der Waals surface area (Å²) in [6.45, 7) is 4.24. The predicted octanol–water partition coefficient (Wildman–Crippen LogP) is 3.30. The molecule has 132 valence electrons. The Bertz CT molecular complexity index is 1030. The van der Waals surface area contributed by atoms with E-state index in [-0.39, 0.29) is 26.6 Å². The molecule has 0 spiro atoms. The number of hydrogen-bond acceptors (Lipinski definition) is 2. The van der Waals surface area contributed by atoms with Crippen molar-refractivity contribution in [2.45, 2.75) is 5.41 Å². The van der Waals surface area contributed by atoms with Gasteiger partial charge in [-0.15, -0.1) is 0 Å². The topological polar surface area (TPSA) is 46.2 Å². The van der Waals surface area contributed by atoms with Crippen LogP contribution in [0.25, 0.3) is 0 Å². The van der Waals surface area contributed by atoms with Gasteiger partial charge in [0, 0.05) is 0 Å². The molecule has 3 aromatic rings. The molecular formula is C23H17NO2Se. The number of nitrogens with one attached hydrogen (secondary N) is 1. The molecule has 0 saturated heterocycles. The van der Waals surface area contributed by atoms with Gasteiger partial charge in [-0.05, 0) is 0 Å². The summed E-state index contributed by atoms with van der Waals surface area (Å²) < 4.78 is 1.70. The molecule has 0 bridgehead atoms. The Hall–Kier alpha value is -2.94. The van der Waals surface area contributed by atoms with E-state index in [2.05, 4.69) is 11.9 Å². The molecule has 1 amide bonds. The maximum absolute atomic E-state index is 13.7. The number of carbonyl (C=O) groups is 2. The SMILES string of the molecule is C=C([Se]c1ccccc1)C1(c2ccccc2)C(=O)Nc2ccccc2C1=O. The second kappa shape index (κ2) is 6.99. The Labute approximate surface area is 164 Å². The number of fused-ring (bicyclic) bond motifs is 1. The molecule has 1 N–H and O–H groups in total. The minimum absolute atomic E-state index is 0.212. The number of para-hydroxylation sites is 1. The number of amides is 1. The van der Waals surface area contributed by atoms with Gasteiger partial charge in [0.2, 0.25) is 0 Å². The summed E-state index contributed by atoms with van der Waals surface area (Å²) in [5.41, 5.74) is 0.320. The Morgan fingerprint density at radius 2 is 1.41 bits per heavy atom. The van der Waals surface area contributed by atoms with Crippen LogP contribution < -0.4 is 9.78 Å². The van der Waals surface area contributed by atoms with Gasteiger partial charge < -0.3 is 0 Å². The summed E-state index contributed by atoms with van der Waals surface area (Å²) in [7, 11) is 0. The Balaban J connectivity index is 1.89. The van der Waals surface area contributed by atoms with Crippen LogP contribution in [0.1, 0.15) is 15.9 Å². The van der Waals surface area contributed by atoms with Crippen LogP contribution in [0.15, 0.2) is 96.0 Å². The fraction of sp³-hybridized carbons (Fsp3) is 0.0435. The zero-order chi connectivity index (χ0) is 18.9. The van der Waals surface area contributed by atoms with Crippen LogP contribution in [0.4, 0.5) is 5.69 Å². The van der Waals surface area contributed by atoms with E-state index in [9.17, 15) is 9.59 Å². The molecule has 1 heterocycles. The van der Waals surface area contributed by atoms with E-state index in [0.717, 1.165) is 4.46 Å². The van der Waals surface area contributed by atoms with Gasteiger partial charge in [-0.3, -0.25) is 0 Å². The van der Waals surface area contributed by atoms with Crippen molar-refractivity contribution in [3.63, 3.8) is 0 Å². The number of benzene rings is 3. The Morgan fingerprint density at radius 3 is 2.11 bits per heavy atom. The first-order valence-electron chi connectivity index (χ1n) is 8.57. The number of anilines is 1. The van der Waals surface area contributed by atoms with Gasteiger partial charge in [0.05, 0.1) is 0 Å². The van der Waals surface area contributed by atoms with E-state index in [1.165, 1.54) is 0 Å². The predicted molar refractivity (Wildman–Crippen MR) is 108 cm³/mol. The van der Waals surface area contributed by atoms with E-state index >= 15 is 0 Å². The molecule has 3 nitrogen and oxygen atoms in total. The summed E-state index contributed by atoms with van der Waals surface area (Å²) in [4.78, 5) is 27.0. The van der Waals surface area contributed by atoms with Crippen LogP contribution in [-0.4, -0.2) is 26.6 Å². The van der Waals surface area contributed by atoms with Crippen molar-refractivity contribution < 1.29 is 9.59 Å². The van der Waals surface area contributed by atoms with Crippen molar-refractivity contribution in [3.05, 3.63) is 107 Å². The molecule has 1 atom stereocenters. The van der Waals surface area contributed by atoms with E-state index < -0.39 is 5.41 Å². The van der Waals surface area contributed by atoms with Crippen molar-refractivity contribution in [2.75, 3.05) is 5.32 Å². The van der Waals surface area contributed by atoms with Gasteiger partial charge in [-0.1, -0.05) is 0 Å². The fourth-order valence-electron chi connectivity index (χ4n) is 3.38. The average Bonchev–Trinajstić information content (AvgIpc) is 2.70. The monoisotopic (exact) mass is 419 g/mol. The van der Waals surface area contributed by atoms with Gasteiger partial charge in [0.15, 0.2) is 0 Å². The van der Waals surface area contributed by atoms with Crippen LogP contribution in [0.2, 0.25) is 0 Å². The van der Waals surface area contributed by atoms with Crippen LogP contribution in [0.3, 0.4) is 0 Å². The molecule has 27 heavy (non-hydrogen) atoms. The molecule has 4 rings (SSSR count). The number of Topliss-reactive ketones (excluding diaryl/α,β-unsaturated/α-hetero) is 1. The van der Waals surface area contributed by atoms with Crippen molar-refractivity contribution in [1.82, 2.24) is 0 Å². The maximum atomic E-state index is 13.7. The standard InChI is InChI=1S/C23H17NO2Se/c1-16(27-18-12-6-3-7-13-18)23(17-10-4-2-5-11-17)21(25)19-14-8-9-15-20(19)24-22(23)26/h2-15H,1H2,(H,24,26). The number of hydrogen-bond donors (Lipinski definition) is 1. The first-order chi connectivity index (χ1) is 13.1. The molecule has 3 aromatic carbocycles. The summed E-state index contributed by atoms with van der Waals surface area (Å²) in [6.07, 6.45) is 0. The third kappa shape index (κ3) is 2.84. The van der Waals surface area contributed by atoms with E-state index in [1.54, 1.807) is 12.1 Å². The number of carbonyl (C=O) groups excluding carboxylic acids is 2. The van der Waals surface area contributed by atoms with Gasteiger partial charge >= 0.3 is 164 Å². The van der Waals surface area contributed by atoms with Crippen LogP contribution in [0.5, 0.6) is 0 Å². The van der Waals surface area contributed by atoms with E-state index in [0.29, 0.717) is 21.3 Å². The fourth-order valence-corrected chi connectivity index (χ4v) is 5.55. The molecule has 0 radical (unpaired) electrons. The van der Waals surface area contributed by atoms with Crippen molar-refractivity contribution in [2.24, 2.45) is 0 Å². The summed E-state index contributed by atoms with van der Waals surface area (Å²) in [6, 6.07) is 26.2. The van der Waals surface area contributed by atoms with Crippen LogP contribution in [0, 0.1) is 0 Å². The Kier molecular flexibility index (Phi) is 4.52. The van der Waals surface area contributed by atoms with Crippen molar-refractivity contribution >= 4 is 36.8 Å². The van der Waals surface area contributed by atoms with Gasteiger partial charge in [0.25, 0.3) is 0 Å². The summed E-state index contributed by atoms with van der Waals surface area (Å²) in [5, 5.41) is 2.94. The summed E-state index contributed by atoms with van der Waals surface area (Å²) >= 11 is -0.240. The van der Waals surface area contributed by atoms with E-state index in [1.807, 2.05) is 72.8 Å². The quantitative estimate of drug-likeness (QED) is 0.522. The van der Waals surface area contributed by atoms with Crippen LogP contribution >= 0.6 is 0 Å². The third-order valence-electron chi connectivity index (χ3n) is 4.71. The summed E-state index contributed by atoms with van der Waals surface area (Å²) in [5.74, 6) is -0.545. The molecular weight excluding hydrogens is 401 g/mol. The van der Waals surface area contributed by atoms with E-state index in [4.69, 9.17) is 0 Å². The second-order valence-corrected chi connectivity index (χ2v) is 8.73. The van der Waals surface area contributed by atoms with Crippen molar-refractivity contribution in [1.29, 1.82) is 0 Å². The molecule has 0 fully saturated rings. The minimum atomic E-state index is -1.41. The van der Waals surface area contributed by atoms with Crippen LogP contribution in [-0.2, 0) is 10.2 Å². The van der Waals surface area contributed by atoms with Gasteiger partial charge in [-0.2, -0.15) is 0 Å². The Morgan fingerprint density at radius 1 is 0.815 bits per heavy atom. The zero-order valence-corrected chi connectivity index (χ0v) is 16.2. The molecule has 0 saturated carbocycles. The average molecular weight is 418 g/mol. The van der Waals surface area contributed by atoms with Gasteiger partial charge in [0.1, 0.15) is 0 Å². The molecule has 4 heteroatoms. The number of rotatable bonds is 4. The van der Waals surface area contributed by atoms with Gasteiger partial charge in [-0.25, -0.2) is 0 Å². The first kappa shape index (κ1) is 17.5. The molecule has 0 aromatic heterocycles. The second-order valence-electron chi connectivity index (χ2n) is 6.28. The third-order valence-corrected chi connectivity index (χ3v) is 6.94. The number of ketones is 1. The normalized spacial score (nSPS) is 18.5. The molecule has 1 aliphatic heterocycles.